The van der Waals surface area contributed by atoms with E-state index in [4.69, 9.17) is 21.4 Å². The highest BCUT2D eigenvalue weighted by Gasteiger charge is 2.18. The van der Waals surface area contributed by atoms with Crippen LogP contribution in [0.5, 0.6) is 10.9 Å². The molecule has 4 nitrogen and oxygen atoms in total. The fraction of sp³-hybridized carbons (Fsp3) is 0. The normalized spacial score (nSPS) is 10.2. The van der Waals surface area contributed by atoms with E-state index in [1.54, 1.807) is 0 Å². The van der Waals surface area contributed by atoms with Gasteiger partial charge in [-0.2, -0.15) is 4.98 Å². The Hall–Kier alpha value is -1.66. The summed E-state index contributed by atoms with van der Waals surface area (Å²) in [6.07, 6.45) is 0. The number of ether oxygens (including phenoxy) is 1. The van der Waals surface area contributed by atoms with Gasteiger partial charge in [0.2, 0.25) is 0 Å². The molecule has 17 heavy (non-hydrogen) atoms. The van der Waals surface area contributed by atoms with Crippen LogP contribution in [0.4, 0.5) is 4.39 Å². The molecule has 0 saturated carbocycles. The van der Waals surface area contributed by atoms with Crippen LogP contribution in [0.2, 0.25) is 5.15 Å². The molecule has 0 bridgehead atoms. The lowest BCUT2D eigenvalue weighted by atomic mass is 10.2. The van der Waals surface area contributed by atoms with Crippen molar-refractivity contribution in [3.63, 3.8) is 0 Å². The molecule has 2 aromatic rings. The zero-order valence-corrected chi connectivity index (χ0v) is 9.76. The molecule has 0 aliphatic rings. The largest absolute Gasteiger partial charge is 0.477 e. The number of carboxylic acid groups (broad SMARTS) is 1. The Kier molecular flexibility index (Phi) is 3.26. The maximum absolute atomic E-state index is 13.3. The highest BCUT2D eigenvalue weighted by atomic mass is 35.5. The van der Waals surface area contributed by atoms with Gasteiger partial charge in [-0.25, -0.2) is 9.18 Å². The van der Waals surface area contributed by atoms with Crippen LogP contribution in [0, 0.1) is 5.82 Å². The summed E-state index contributed by atoms with van der Waals surface area (Å²) in [4.78, 5) is 14.7. The van der Waals surface area contributed by atoms with Crippen LogP contribution in [0.25, 0.3) is 0 Å². The standard InChI is InChI=1S/C10H5ClFNO3S/c11-7-4-17-10(13-7)16-6-3-1-2-5(12)8(6)9(14)15/h1-4H,(H,14,15). The van der Waals surface area contributed by atoms with Gasteiger partial charge in [0.25, 0.3) is 5.19 Å². The van der Waals surface area contributed by atoms with E-state index in [0.29, 0.717) is 0 Å². The molecule has 1 aromatic carbocycles. The SMILES string of the molecule is O=C(O)c1c(F)cccc1Oc1nc(Cl)cs1. The Morgan fingerprint density at radius 3 is 2.88 bits per heavy atom. The topological polar surface area (TPSA) is 59.4 Å². The molecule has 0 amide bonds. The zero-order valence-electron chi connectivity index (χ0n) is 8.18. The molecule has 0 atom stereocenters. The molecular formula is C10H5ClFNO3S. The second kappa shape index (κ2) is 4.68. The summed E-state index contributed by atoms with van der Waals surface area (Å²) in [5.74, 6) is -2.37. The minimum atomic E-state index is -1.40. The van der Waals surface area contributed by atoms with E-state index in [0.717, 1.165) is 17.4 Å². The first-order valence-corrected chi connectivity index (χ1v) is 5.64. The summed E-state index contributed by atoms with van der Waals surface area (Å²) in [6.45, 7) is 0. The van der Waals surface area contributed by atoms with Crippen LogP contribution in [-0.4, -0.2) is 16.1 Å². The number of aromatic nitrogens is 1. The third kappa shape index (κ3) is 2.54. The van der Waals surface area contributed by atoms with E-state index >= 15 is 0 Å². The Labute approximate surface area is 104 Å². The molecule has 0 fully saturated rings. The second-order valence-corrected chi connectivity index (χ2v) is 4.16. The first kappa shape index (κ1) is 11.8. The molecule has 0 aliphatic heterocycles. The highest BCUT2D eigenvalue weighted by molar-refractivity contribution is 7.11. The Morgan fingerprint density at radius 2 is 2.29 bits per heavy atom. The molecule has 88 valence electrons. The van der Waals surface area contributed by atoms with E-state index in [2.05, 4.69) is 4.98 Å². The average molecular weight is 274 g/mol. The third-order valence-corrected chi connectivity index (χ3v) is 2.88. The van der Waals surface area contributed by atoms with Crippen molar-refractivity contribution in [1.82, 2.24) is 4.98 Å². The monoisotopic (exact) mass is 273 g/mol. The summed E-state index contributed by atoms with van der Waals surface area (Å²) in [6, 6.07) is 3.75. The van der Waals surface area contributed by atoms with Gasteiger partial charge in [-0.15, -0.1) is 0 Å². The Morgan fingerprint density at radius 1 is 1.53 bits per heavy atom. The Balaban J connectivity index is 2.39. The molecule has 7 heteroatoms. The van der Waals surface area contributed by atoms with Crippen molar-refractivity contribution in [2.24, 2.45) is 0 Å². The third-order valence-electron chi connectivity index (χ3n) is 1.84. The smallest absolute Gasteiger partial charge is 0.342 e. The summed E-state index contributed by atoms with van der Waals surface area (Å²) in [5.41, 5.74) is -0.529. The molecule has 1 heterocycles. The lowest BCUT2D eigenvalue weighted by Gasteiger charge is -2.05. The van der Waals surface area contributed by atoms with Gasteiger partial charge in [0.05, 0.1) is 0 Å². The van der Waals surface area contributed by atoms with Gasteiger partial charge >= 0.3 is 5.97 Å². The van der Waals surface area contributed by atoms with Crippen molar-refractivity contribution in [1.29, 1.82) is 0 Å². The van der Waals surface area contributed by atoms with Gasteiger partial charge in [0.15, 0.2) is 0 Å². The number of carboxylic acids is 1. The number of carbonyl (C=O) groups is 1. The minimum absolute atomic E-state index is 0.108. The molecule has 2 rings (SSSR count). The fourth-order valence-electron chi connectivity index (χ4n) is 1.18. The molecule has 1 N–H and O–H groups in total. The number of hydrogen-bond acceptors (Lipinski definition) is 4. The van der Waals surface area contributed by atoms with Crippen LogP contribution in [0.1, 0.15) is 10.4 Å². The molecule has 0 unspecified atom stereocenters. The first-order valence-electron chi connectivity index (χ1n) is 4.38. The van der Waals surface area contributed by atoms with Crippen molar-refractivity contribution >= 4 is 28.9 Å². The molecule has 0 radical (unpaired) electrons. The highest BCUT2D eigenvalue weighted by Crippen LogP contribution is 2.30. The van der Waals surface area contributed by atoms with Crippen LogP contribution < -0.4 is 4.74 Å². The quantitative estimate of drug-likeness (QED) is 0.931. The van der Waals surface area contributed by atoms with E-state index < -0.39 is 17.3 Å². The predicted octanol–water partition coefficient (Wildman–Crippen LogP) is 3.43. The van der Waals surface area contributed by atoms with Crippen LogP contribution in [0.3, 0.4) is 0 Å². The van der Waals surface area contributed by atoms with E-state index in [1.807, 2.05) is 0 Å². The minimum Gasteiger partial charge on any atom is -0.477 e. The van der Waals surface area contributed by atoms with E-state index in [9.17, 15) is 9.18 Å². The summed E-state index contributed by atoms with van der Waals surface area (Å²) in [5, 5.41) is 10.8. The second-order valence-electron chi connectivity index (χ2n) is 2.96. The van der Waals surface area contributed by atoms with Crippen molar-refractivity contribution < 1.29 is 19.0 Å². The van der Waals surface area contributed by atoms with Crippen LogP contribution in [-0.2, 0) is 0 Å². The van der Waals surface area contributed by atoms with Crippen LogP contribution in [0.15, 0.2) is 23.6 Å². The number of aromatic carboxylic acids is 1. The summed E-state index contributed by atoms with van der Waals surface area (Å²) < 4.78 is 18.5. The van der Waals surface area contributed by atoms with E-state index in [1.165, 1.54) is 17.5 Å². The summed E-state index contributed by atoms with van der Waals surface area (Å²) in [7, 11) is 0. The van der Waals surface area contributed by atoms with Gasteiger partial charge in [-0.05, 0) is 12.1 Å². The van der Waals surface area contributed by atoms with Gasteiger partial charge in [0.1, 0.15) is 22.3 Å². The van der Waals surface area contributed by atoms with Crippen molar-refractivity contribution in [3.05, 3.63) is 40.1 Å². The van der Waals surface area contributed by atoms with Gasteiger partial charge in [0, 0.05) is 5.38 Å². The zero-order chi connectivity index (χ0) is 12.4. The number of rotatable bonds is 3. The number of hydrogen-bond donors (Lipinski definition) is 1. The lowest BCUT2D eigenvalue weighted by Crippen LogP contribution is -2.03. The number of thiazole rings is 1. The number of benzene rings is 1. The van der Waals surface area contributed by atoms with E-state index in [-0.39, 0.29) is 16.1 Å². The van der Waals surface area contributed by atoms with Crippen molar-refractivity contribution in [3.8, 4) is 10.9 Å². The average Bonchev–Trinajstić information content (AvgIpc) is 2.63. The molecular weight excluding hydrogens is 269 g/mol. The Bertz CT molecular complexity index is 572. The van der Waals surface area contributed by atoms with Crippen LogP contribution >= 0.6 is 22.9 Å². The van der Waals surface area contributed by atoms with Gasteiger partial charge < -0.3 is 9.84 Å². The van der Waals surface area contributed by atoms with Crippen molar-refractivity contribution in [2.75, 3.05) is 0 Å². The maximum atomic E-state index is 13.3. The van der Waals surface area contributed by atoms with Crippen molar-refractivity contribution in [2.45, 2.75) is 0 Å². The van der Waals surface area contributed by atoms with Gasteiger partial charge in [-0.1, -0.05) is 29.0 Å². The molecule has 0 spiro atoms. The molecule has 0 saturated heterocycles. The van der Waals surface area contributed by atoms with Gasteiger partial charge in [-0.3, -0.25) is 0 Å². The first-order chi connectivity index (χ1) is 8.08. The molecule has 1 aromatic heterocycles. The number of halogens is 2. The lowest BCUT2D eigenvalue weighted by molar-refractivity contribution is 0.0689. The maximum Gasteiger partial charge on any atom is 0.342 e. The summed E-state index contributed by atoms with van der Waals surface area (Å²) >= 11 is 6.68. The fourth-order valence-corrected chi connectivity index (χ4v) is 1.98. The number of nitrogens with zero attached hydrogens (tertiary/aromatic N) is 1. The molecule has 0 aliphatic carbocycles. The predicted molar refractivity (Wildman–Crippen MR) is 60.6 cm³/mol.